The van der Waals surface area contributed by atoms with Gasteiger partial charge in [-0.2, -0.15) is 0 Å². The van der Waals surface area contributed by atoms with Gasteiger partial charge in [0.05, 0.1) is 34.5 Å². The number of aromatic nitrogens is 1. The van der Waals surface area contributed by atoms with E-state index in [1.807, 2.05) is 73.7 Å². The minimum Gasteiger partial charge on any atom is -0.485 e. The average Bonchev–Trinajstić information content (AvgIpc) is 3.33. The molecule has 0 saturated carbocycles. The summed E-state index contributed by atoms with van der Waals surface area (Å²) < 4.78 is 18.6. The van der Waals surface area contributed by atoms with Gasteiger partial charge < -0.3 is 14.2 Å². The summed E-state index contributed by atoms with van der Waals surface area (Å²) in [4.78, 5) is 44.9. The second kappa shape index (κ2) is 11.7. The molecule has 4 aromatic rings. The first kappa shape index (κ1) is 28.1. The SMILES string of the molecule is COC(=O)c1ccc(C2C(C(=O)OCc3ccccc3)=C(C)N=c3s/c(=C\C4=Cc5ccccc5OC4C)c(=O)n32)cc1. The Hall–Kier alpha value is -5.02. The molecule has 2 unspecified atom stereocenters. The third-order valence-corrected chi connectivity index (χ3v) is 8.40. The fourth-order valence-electron chi connectivity index (χ4n) is 5.19. The molecular formula is C34H28N2O6S. The largest absolute Gasteiger partial charge is 0.485 e. The molecular weight excluding hydrogens is 564 g/mol. The number of allylic oxidation sites excluding steroid dienone is 1. The molecule has 0 radical (unpaired) electrons. The fourth-order valence-corrected chi connectivity index (χ4v) is 6.24. The van der Waals surface area contributed by atoms with Crippen molar-refractivity contribution in [3.63, 3.8) is 0 Å². The molecule has 0 fully saturated rings. The Morgan fingerprint density at radius 3 is 2.47 bits per heavy atom. The molecule has 3 aromatic carbocycles. The molecule has 0 N–H and O–H groups in total. The maximum Gasteiger partial charge on any atom is 0.338 e. The molecule has 3 heterocycles. The van der Waals surface area contributed by atoms with Crippen LogP contribution in [0.5, 0.6) is 5.75 Å². The number of para-hydroxylation sites is 1. The van der Waals surface area contributed by atoms with E-state index in [9.17, 15) is 14.4 Å². The zero-order chi connectivity index (χ0) is 30.1. The lowest BCUT2D eigenvalue weighted by molar-refractivity contribution is -0.140. The highest BCUT2D eigenvalue weighted by atomic mass is 32.1. The van der Waals surface area contributed by atoms with E-state index < -0.39 is 18.0 Å². The minimum absolute atomic E-state index is 0.0718. The number of thiazole rings is 1. The number of hydrogen-bond acceptors (Lipinski definition) is 8. The first-order valence-corrected chi connectivity index (χ1v) is 14.5. The molecule has 0 saturated heterocycles. The number of esters is 2. The van der Waals surface area contributed by atoms with Crippen molar-refractivity contribution >= 4 is 35.4 Å². The van der Waals surface area contributed by atoms with Gasteiger partial charge in [-0.1, -0.05) is 72.0 Å². The quantitative estimate of drug-likeness (QED) is 0.304. The third-order valence-electron chi connectivity index (χ3n) is 7.41. The summed E-state index contributed by atoms with van der Waals surface area (Å²) in [5, 5.41) is 0. The van der Waals surface area contributed by atoms with Crippen LogP contribution in [0.3, 0.4) is 0 Å². The maximum atomic E-state index is 14.1. The summed E-state index contributed by atoms with van der Waals surface area (Å²) in [7, 11) is 1.31. The van der Waals surface area contributed by atoms with Crippen molar-refractivity contribution in [3.8, 4) is 5.75 Å². The van der Waals surface area contributed by atoms with Gasteiger partial charge >= 0.3 is 11.9 Å². The van der Waals surface area contributed by atoms with E-state index in [4.69, 9.17) is 14.2 Å². The van der Waals surface area contributed by atoms with Crippen LogP contribution >= 0.6 is 11.3 Å². The highest BCUT2D eigenvalue weighted by molar-refractivity contribution is 7.07. The molecule has 216 valence electrons. The number of benzene rings is 3. The second-order valence-electron chi connectivity index (χ2n) is 10.2. The molecule has 0 spiro atoms. The summed E-state index contributed by atoms with van der Waals surface area (Å²) in [6.45, 7) is 3.75. The van der Waals surface area contributed by atoms with Crippen molar-refractivity contribution in [2.24, 2.45) is 4.99 Å². The van der Waals surface area contributed by atoms with Gasteiger partial charge in [0, 0.05) is 5.56 Å². The van der Waals surface area contributed by atoms with Gasteiger partial charge in [0.15, 0.2) is 4.80 Å². The Morgan fingerprint density at radius 1 is 1.00 bits per heavy atom. The number of ether oxygens (including phenoxy) is 3. The van der Waals surface area contributed by atoms with E-state index in [1.165, 1.54) is 23.0 Å². The van der Waals surface area contributed by atoms with Crippen LogP contribution in [0, 0.1) is 0 Å². The lowest BCUT2D eigenvalue weighted by Gasteiger charge is -2.25. The number of methoxy groups -OCH3 is 1. The Morgan fingerprint density at radius 2 is 1.72 bits per heavy atom. The lowest BCUT2D eigenvalue weighted by atomic mass is 9.95. The Labute approximate surface area is 251 Å². The Kier molecular flexibility index (Phi) is 7.65. The van der Waals surface area contributed by atoms with Gasteiger partial charge in [0.1, 0.15) is 18.5 Å². The predicted octanol–water partition coefficient (Wildman–Crippen LogP) is 4.58. The Bertz CT molecular complexity index is 1970. The zero-order valence-corrected chi connectivity index (χ0v) is 24.6. The van der Waals surface area contributed by atoms with Crippen LogP contribution in [0.2, 0.25) is 0 Å². The normalized spacial score (nSPS) is 17.7. The lowest BCUT2D eigenvalue weighted by Crippen LogP contribution is -2.40. The van der Waals surface area contributed by atoms with E-state index in [0.29, 0.717) is 26.2 Å². The van der Waals surface area contributed by atoms with E-state index in [-0.39, 0.29) is 23.8 Å². The summed E-state index contributed by atoms with van der Waals surface area (Å²) in [6.07, 6.45) is 3.58. The first-order chi connectivity index (χ1) is 20.8. The molecule has 1 aromatic heterocycles. The summed E-state index contributed by atoms with van der Waals surface area (Å²) >= 11 is 1.25. The van der Waals surface area contributed by atoms with Crippen molar-refractivity contribution in [2.75, 3.05) is 7.11 Å². The van der Waals surface area contributed by atoms with Crippen molar-refractivity contribution in [1.29, 1.82) is 0 Å². The number of fused-ring (bicyclic) bond motifs is 2. The fraction of sp³-hybridized carbons (Fsp3) is 0.176. The first-order valence-electron chi connectivity index (χ1n) is 13.7. The van der Waals surface area contributed by atoms with Crippen LogP contribution in [0.15, 0.2) is 105 Å². The molecule has 43 heavy (non-hydrogen) atoms. The number of carbonyl (C=O) groups is 2. The molecule has 0 amide bonds. The van der Waals surface area contributed by atoms with E-state index in [0.717, 1.165) is 22.4 Å². The second-order valence-corrected chi connectivity index (χ2v) is 11.2. The highest BCUT2D eigenvalue weighted by Gasteiger charge is 2.34. The molecule has 2 aliphatic rings. The maximum absolute atomic E-state index is 14.1. The summed E-state index contributed by atoms with van der Waals surface area (Å²) in [6, 6.07) is 23.0. The van der Waals surface area contributed by atoms with Gasteiger partial charge in [0.25, 0.3) is 5.56 Å². The molecule has 0 bridgehead atoms. The molecule has 9 heteroatoms. The van der Waals surface area contributed by atoms with Crippen LogP contribution in [-0.2, 0) is 20.9 Å². The zero-order valence-electron chi connectivity index (χ0n) is 23.8. The molecule has 8 nitrogen and oxygen atoms in total. The van der Waals surface area contributed by atoms with Crippen LogP contribution < -0.4 is 19.6 Å². The Balaban J connectivity index is 1.45. The van der Waals surface area contributed by atoms with Gasteiger partial charge in [0.2, 0.25) is 0 Å². The van der Waals surface area contributed by atoms with Gasteiger partial charge in [-0.05, 0) is 60.9 Å². The van der Waals surface area contributed by atoms with Crippen molar-refractivity contribution in [3.05, 3.63) is 138 Å². The van der Waals surface area contributed by atoms with Gasteiger partial charge in [-0.25, -0.2) is 14.6 Å². The van der Waals surface area contributed by atoms with Crippen LogP contribution in [0.1, 0.15) is 46.9 Å². The van der Waals surface area contributed by atoms with E-state index in [2.05, 4.69) is 4.99 Å². The average molecular weight is 593 g/mol. The standard InChI is InChI=1S/C34H28N2O6S/c1-20-29(33(39)41-19-22-9-5-4-6-10-22)30(23-13-15-24(16-14-23)32(38)40-3)36-31(37)28(43-34(36)35-20)18-26-17-25-11-7-8-12-27(25)42-21(26)2/h4-18,21,30H,19H2,1-3H3/b28-18-. The third kappa shape index (κ3) is 5.47. The molecule has 0 aliphatic carbocycles. The van der Waals surface area contributed by atoms with E-state index in [1.54, 1.807) is 31.2 Å². The van der Waals surface area contributed by atoms with Crippen molar-refractivity contribution in [1.82, 2.24) is 4.57 Å². The van der Waals surface area contributed by atoms with Crippen molar-refractivity contribution < 1.29 is 23.8 Å². The van der Waals surface area contributed by atoms with E-state index >= 15 is 0 Å². The van der Waals surface area contributed by atoms with Crippen molar-refractivity contribution in [2.45, 2.75) is 32.6 Å². The topological polar surface area (TPSA) is 96.2 Å². The monoisotopic (exact) mass is 592 g/mol. The predicted molar refractivity (Wildman–Crippen MR) is 163 cm³/mol. The van der Waals surface area contributed by atoms with Gasteiger partial charge in [-0.3, -0.25) is 9.36 Å². The molecule has 2 atom stereocenters. The summed E-state index contributed by atoms with van der Waals surface area (Å²) in [5.41, 5.74) is 4.01. The highest BCUT2D eigenvalue weighted by Crippen LogP contribution is 2.32. The minimum atomic E-state index is -0.817. The van der Waals surface area contributed by atoms with Crippen LogP contribution in [0.4, 0.5) is 0 Å². The van der Waals surface area contributed by atoms with Crippen LogP contribution in [-0.4, -0.2) is 29.7 Å². The smallest absolute Gasteiger partial charge is 0.338 e. The van der Waals surface area contributed by atoms with Crippen LogP contribution in [0.25, 0.3) is 12.2 Å². The number of rotatable bonds is 6. The summed E-state index contributed by atoms with van der Waals surface area (Å²) in [5.74, 6) is -0.267. The molecule has 6 rings (SSSR count). The van der Waals surface area contributed by atoms with Gasteiger partial charge in [-0.15, -0.1) is 0 Å². The number of hydrogen-bond donors (Lipinski definition) is 0. The number of carbonyl (C=O) groups excluding carboxylic acids is 2. The molecule has 2 aliphatic heterocycles. The number of nitrogens with zero attached hydrogens (tertiary/aromatic N) is 2.